The number of furan rings is 1. The van der Waals surface area contributed by atoms with E-state index in [0.29, 0.717) is 23.1 Å². The van der Waals surface area contributed by atoms with Gasteiger partial charge in [-0.3, -0.25) is 0 Å². The van der Waals surface area contributed by atoms with Crippen LogP contribution < -0.4 is 5.32 Å². The lowest BCUT2D eigenvalue weighted by Crippen LogP contribution is -2.18. The van der Waals surface area contributed by atoms with E-state index in [9.17, 15) is 4.79 Å². The van der Waals surface area contributed by atoms with Crippen molar-refractivity contribution in [1.82, 2.24) is 5.32 Å². The van der Waals surface area contributed by atoms with Crippen molar-refractivity contribution in [1.29, 1.82) is 0 Å². The van der Waals surface area contributed by atoms with Gasteiger partial charge in [-0.25, -0.2) is 4.79 Å². The zero-order chi connectivity index (χ0) is 15.2. The van der Waals surface area contributed by atoms with Crippen molar-refractivity contribution in [2.24, 2.45) is 0 Å². The average Bonchev–Trinajstić information content (AvgIpc) is 2.93. The maximum Gasteiger partial charge on any atom is 0.374 e. The molecular formula is C15H15Cl2NO3. The van der Waals surface area contributed by atoms with Gasteiger partial charge in [-0.15, -0.1) is 0 Å². The third-order valence-electron chi connectivity index (χ3n) is 3.02. The summed E-state index contributed by atoms with van der Waals surface area (Å²) in [6.45, 7) is 1.24. The highest BCUT2D eigenvalue weighted by molar-refractivity contribution is 6.35. The summed E-state index contributed by atoms with van der Waals surface area (Å²) in [5.41, 5.74) is 1.79. The van der Waals surface area contributed by atoms with Crippen LogP contribution in [0.4, 0.5) is 0 Å². The molecule has 0 radical (unpaired) electrons. The Hall–Kier alpha value is -1.49. The van der Waals surface area contributed by atoms with Gasteiger partial charge in [0.2, 0.25) is 5.76 Å². The fourth-order valence-electron chi connectivity index (χ4n) is 1.92. The molecule has 2 rings (SSSR count). The second-order valence-electron chi connectivity index (χ2n) is 4.43. The molecule has 6 heteroatoms. The first-order chi connectivity index (χ1) is 10.1. The molecule has 1 heterocycles. The van der Waals surface area contributed by atoms with E-state index in [4.69, 9.17) is 27.6 Å². The van der Waals surface area contributed by atoms with Crippen molar-refractivity contribution < 1.29 is 13.9 Å². The van der Waals surface area contributed by atoms with Crippen molar-refractivity contribution in [3.05, 3.63) is 57.5 Å². The lowest BCUT2D eigenvalue weighted by molar-refractivity contribution is 0.0563. The fraction of sp³-hybridized carbons (Fsp3) is 0.267. The first-order valence-corrected chi connectivity index (χ1v) is 7.16. The summed E-state index contributed by atoms with van der Waals surface area (Å²) >= 11 is 12.0. The molecule has 2 aromatic rings. The Bertz CT molecular complexity index is 625. The summed E-state index contributed by atoms with van der Waals surface area (Å²) in [6.07, 6.45) is 2.24. The molecule has 0 bridgehead atoms. The van der Waals surface area contributed by atoms with Crippen LogP contribution in [0.2, 0.25) is 10.0 Å². The largest absolute Gasteiger partial charge is 0.463 e. The van der Waals surface area contributed by atoms with Crippen molar-refractivity contribution in [3.8, 4) is 0 Å². The molecule has 0 aliphatic rings. The molecule has 0 atom stereocenters. The Morgan fingerprint density at radius 1 is 1.29 bits per heavy atom. The molecule has 0 saturated heterocycles. The number of ether oxygens (including phenoxy) is 1. The molecule has 0 fully saturated rings. The SMILES string of the molecule is COC(=O)c1occc1CNCCc1ccc(Cl)cc1Cl. The van der Waals surface area contributed by atoms with Crippen molar-refractivity contribution >= 4 is 29.2 Å². The zero-order valence-electron chi connectivity index (χ0n) is 11.5. The molecule has 0 unspecified atom stereocenters. The minimum Gasteiger partial charge on any atom is -0.463 e. The highest BCUT2D eigenvalue weighted by atomic mass is 35.5. The molecule has 0 saturated carbocycles. The van der Waals surface area contributed by atoms with Gasteiger partial charge in [-0.1, -0.05) is 29.3 Å². The Balaban J connectivity index is 1.85. The van der Waals surface area contributed by atoms with Crippen LogP contribution in [0.15, 0.2) is 34.9 Å². The van der Waals surface area contributed by atoms with Gasteiger partial charge in [0.25, 0.3) is 0 Å². The Morgan fingerprint density at radius 3 is 2.81 bits per heavy atom. The van der Waals surface area contributed by atoms with Crippen LogP contribution in [0, 0.1) is 0 Å². The molecule has 4 nitrogen and oxygen atoms in total. The lowest BCUT2D eigenvalue weighted by atomic mass is 10.1. The number of nitrogens with one attached hydrogen (secondary N) is 1. The highest BCUT2D eigenvalue weighted by Gasteiger charge is 2.15. The van der Waals surface area contributed by atoms with Crippen LogP contribution in [-0.2, 0) is 17.7 Å². The van der Waals surface area contributed by atoms with Crippen LogP contribution in [0.25, 0.3) is 0 Å². The smallest absolute Gasteiger partial charge is 0.374 e. The van der Waals surface area contributed by atoms with Crippen molar-refractivity contribution in [3.63, 3.8) is 0 Å². The van der Waals surface area contributed by atoms with E-state index in [1.165, 1.54) is 13.4 Å². The standard InChI is InChI=1S/C15H15Cl2NO3/c1-20-15(19)14-11(5-7-21-14)9-18-6-4-10-2-3-12(16)8-13(10)17/h2-3,5,7-8,18H,4,6,9H2,1H3. The Labute approximate surface area is 133 Å². The topological polar surface area (TPSA) is 51.5 Å². The molecule has 1 N–H and O–H groups in total. The van der Waals surface area contributed by atoms with E-state index in [2.05, 4.69) is 10.1 Å². The van der Waals surface area contributed by atoms with Crippen LogP contribution >= 0.6 is 23.2 Å². The summed E-state index contributed by atoms with van der Waals surface area (Å²) < 4.78 is 9.76. The number of carbonyl (C=O) groups excluding carboxylic acids is 1. The van der Waals surface area contributed by atoms with Gasteiger partial charge >= 0.3 is 5.97 Å². The van der Waals surface area contributed by atoms with Crippen LogP contribution in [-0.4, -0.2) is 19.6 Å². The van der Waals surface area contributed by atoms with Crippen LogP contribution in [0.3, 0.4) is 0 Å². The quantitative estimate of drug-likeness (QED) is 0.649. The third kappa shape index (κ3) is 4.24. The van der Waals surface area contributed by atoms with Gasteiger partial charge in [0, 0.05) is 22.2 Å². The van der Waals surface area contributed by atoms with Gasteiger partial charge in [-0.2, -0.15) is 0 Å². The zero-order valence-corrected chi connectivity index (χ0v) is 13.0. The molecule has 112 valence electrons. The minimum absolute atomic E-state index is 0.231. The normalized spacial score (nSPS) is 10.6. The van der Waals surface area contributed by atoms with E-state index >= 15 is 0 Å². The number of methoxy groups -OCH3 is 1. The molecule has 0 spiro atoms. The van der Waals surface area contributed by atoms with Gasteiger partial charge in [-0.05, 0) is 36.7 Å². The van der Waals surface area contributed by atoms with E-state index in [0.717, 1.165) is 17.5 Å². The number of benzene rings is 1. The predicted molar refractivity (Wildman–Crippen MR) is 81.9 cm³/mol. The summed E-state index contributed by atoms with van der Waals surface area (Å²) in [6, 6.07) is 7.19. The maximum atomic E-state index is 11.5. The molecule has 0 aliphatic carbocycles. The monoisotopic (exact) mass is 327 g/mol. The maximum absolute atomic E-state index is 11.5. The molecule has 0 aliphatic heterocycles. The van der Waals surface area contributed by atoms with Crippen molar-refractivity contribution in [2.45, 2.75) is 13.0 Å². The van der Waals surface area contributed by atoms with E-state index in [1.807, 2.05) is 12.1 Å². The lowest BCUT2D eigenvalue weighted by Gasteiger charge is -2.07. The van der Waals surface area contributed by atoms with Crippen molar-refractivity contribution in [2.75, 3.05) is 13.7 Å². The summed E-state index contributed by atoms with van der Waals surface area (Å²) in [4.78, 5) is 11.5. The second-order valence-corrected chi connectivity index (χ2v) is 5.27. The highest BCUT2D eigenvalue weighted by Crippen LogP contribution is 2.21. The van der Waals surface area contributed by atoms with Gasteiger partial charge in [0.15, 0.2) is 0 Å². The van der Waals surface area contributed by atoms with E-state index in [1.54, 1.807) is 12.1 Å². The molecule has 0 amide bonds. The number of hydrogen-bond acceptors (Lipinski definition) is 4. The Kier molecular flexibility index (Phi) is 5.67. The Morgan fingerprint density at radius 2 is 2.10 bits per heavy atom. The molecule has 21 heavy (non-hydrogen) atoms. The number of rotatable bonds is 6. The number of hydrogen-bond donors (Lipinski definition) is 1. The second kappa shape index (κ2) is 7.50. The number of halogens is 2. The first-order valence-electron chi connectivity index (χ1n) is 6.41. The predicted octanol–water partition coefficient (Wildman–Crippen LogP) is 3.71. The van der Waals surface area contributed by atoms with E-state index < -0.39 is 5.97 Å². The molecule has 1 aromatic heterocycles. The van der Waals surface area contributed by atoms with Gasteiger partial charge < -0.3 is 14.5 Å². The molecular weight excluding hydrogens is 313 g/mol. The summed E-state index contributed by atoms with van der Waals surface area (Å²) in [5.74, 6) is -0.243. The van der Waals surface area contributed by atoms with Crippen LogP contribution in [0.5, 0.6) is 0 Å². The van der Waals surface area contributed by atoms with Gasteiger partial charge in [0.05, 0.1) is 13.4 Å². The summed E-state index contributed by atoms with van der Waals surface area (Å²) in [5, 5.41) is 4.52. The number of carbonyl (C=O) groups is 1. The summed E-state index contributed by atoms with van der Waals surface area (Å²) in [7, 11) is 1.32. The van der Waals surface area contributed by atoms with Crippen LogP contribution in [0.1, 0.15) is 21.7 Å². The molecule has 1 aromatic carbocycles. The van der Waals surface area contributed by atoms with Gasteiger partial charge in [0.1, 0.15) is 0 Å². The van der Waals surface area contributed by atoms with E-state index in [-0.39, 0.29) is 5.76 Å². The number of esters is 1. The third-order valence-corrected chi connectivity index (χ3v) is 3.61. The minimum atomic E-state index is -0.474. The first kappa shape index (κ1) is 15.9. The fourth-order valence-corrected chi connectivity index (χ4v) is 2.42. The average molecular weight is 328 g/mol.